The van der Waals surface area contributed by atoms with Crippen LogP contribution < -0.4 is 0 Å². The molecule has 4 aromatic rings. The molecule has 0 aliphatic carbocycles. The number of aromatic carboxylic acids is 1. The van der Waals surface area contributed by atoms with Gasteiger partial charge in [-0.1, -0.05) is 33.6 Å². The molecule has 0 fully saturated rings. The second-order valence-electron chi connectivity index (χ2n) is 6.53. The van der Waals surface area contributed by atoms with Crippen molar-refractivity contribution in [3.8, 4) is 22.8 Å². The zero-order valence-electron chi connectivity index (χ0n) is 14.8. The summed E-state index contributed by atoms with van der Waals surface area (Å²) in [4.78, 5) is 16.4. The maximum Gasteiger partial charge on any atom is 0.336 e. The Morgan fingerprint density at radius 3 is 2.41 bits per heavy atom. The molecule has 5 heteroatoms. The summed E-state index contributed by atoms with van der Waals surface area (Å²) in [6, 6.07) is 16.9. The van der Waals surface area contributed by atoms with E-state index in [9.17, 15) is 9.90 Å². The molecule has 2 heterocycles. The molecule has 27 heavy (non-hydrogen) atoms. The number of benzene rings is 2. The van der Waals surface area contributed by atoms with Gasteiger partial charge in [0.15, 0.2) is 5.76 Å². The molecule has 0 saturated heterocycles. The second kappa shape index (κ2) is 6.67. The van der Waals surface area contributed by atoms with Gasteiger partial charge >= 0.3 is 5.97 Å². The zero-order chi connectivity index (χ0) is 19.1. The van der Waals surface area contributed by atoms with Gasteiger partial charge < -0.3 is 9.52 Å². The Morgan fingerprint density at radius 1 is 0.963 bits per heavy atom. The first-order chi connectivity index (χ1) is 12.9. The SMILES string of the molecule is Cc1ccc(-c2ccc(-c3cc(C(=O)O)c4cc(C)ccc4n3)o2)c(Br)c1. The van der Waals surface area contributed by atoms with Crippen LogP contribution in [0.2, 0.25) is 0 Å². The van der Waals surface area contributed by atoms with E-state index in [-0.39, 0.29) is 5.56 Å². The fourth-order valence-corrected chi connectivity index (χ4v) is 3.77. The van der Waals surface area contributed by atoms with E-state index in [1.54, 1.807) is 6.07 Å². The molecule has 0 spiro atoms. The molecule has 0 radical (unpaired) electrons. The number of pyridine rings is 1. The average Bonchev–Trinajstić information content (AvgIpc) is 3.10. The van der Waals surface area contributed by atoms with Crippen molar-refractivity contribution in [1.29, 1.82) is 0 Å². The van der Waals surface area contributed by atoms with Crippen LogP contribution in [0.4, 0.5) is 0 Å². The molecule has 4 nitrogen and oxygen atoms in total. The number of hydrogen-bond donors (Lipinski definition) is 1. The second-order valence-corrected chi connectivity index (χ2v) is 7.38. The fraction of sp³-hybridized carbons (Fsp3) is 0.0909. The molecule has 1 N–H and O–H groups in total. The topological polar surface area (TPSA) is 63.3 Å². The van der Waals surface area contributed by atoms with Crippen LogP contribution >= 0.6 is 15.9 Å². The first kappa shape index (κ1) is 17.5. The van der Waals surface area contributed by atoms with Gasteiger partial charge in [-0.2, -0.15) is 0 Å². The Balaban J connectivity index is 1.85. The largest absolute Gasteiger partial charge is 0.478 e. The summed E-state index contributed by atoms with van der Waals surface area (Å²) in [7, 11) is 0. The molecule has 0 aliphatic heterocycles. The molecule has 4 rings (SSSR count). The molecular formula is C22H16BrNO3. The van der Waals surface area contributed by atoms with E-state index >= 15 is 0 Å². The van der Waals surface area contributed by atoms with Crippen LogP contribution in [0.1, 0.15) is 21.5 Å². The molecule has 0 amide bonds. The number of halogens is 1. The van der Waals surface area contributed by atoms with Crippen LogP contribution in [0, 0.1) is 13.8 Å². The molecule has 0 bridgehead atoms. The smallest absolute Gasteiger partial charge is 0.336 e. The maximum atomic E-state index is 11.7. The van der Waals surface area contributed by atoms with Crippen molar-refractivity contribution in [2.45, 2.75) is 13.8 Å². The van der Waals surface area contributed by atoms with Crippen LogP contribution in [0.5, 0.6) is 0 Å². The number of hydrogen-bond acceptors (Lipinski definition) is 3. The van der Waals surface area contributed by atoms with Crippen molar-refractivity contribution in [1.82, 2.24) is 4.98 Å². The maximum absolute atomic E-state index is 11.7. The average molecular weight is 422 g/mol. The summed E-state index contributed by atoms with van der Waals surface area (Å²) < 4.78 is 6.94. The summed E-state index contributed by atoms with van der Waals surface area (Å²) >= 11 is 3.57. The first-order valence-corrected chi connectivity index (χ1v) is 9.23. The van der Waals surface area contributed by atoms with Crippen molar-refractivity contribution >= 4 is 32.8 Å². The van der Waals surface area contributed by atoms with E-state index in [4.69, 9.17) is 4.42 Å². The normalized spacial score (nSPS) is 11.1. The minimum absolute atomic E-state index is 0.216. The summed E-state index contributed by atoms with van der Waals surface area (Å²) in [5.74, 6) is 0.240. The van der Waals surface area contributed by atoms with E-state index in [1.165, 1.54) is 0 Å². The minimum Gasteiger partial charge on any atom is -0.478 e. The Bertz CT molecular complexity index is 1190. The molecule has 0 atom stereocenters. The third-order valence-corrected chi connectivity index (χ3v) is 5.10. The van der Waals surface area contributed by atoms with Crippen molar-refractivity contribution in [2.75, 3.05) is 0 Å². The van der Waals surface area contributed by atoms with Gasteiger partial charge in [-0.05, 0) is 61.9 Å². The predicted molar refractivity (Wildman–Crippen MR) is 109 cm³/mol. The third kappa shape index (κ3) is 3.26. The van der Waals surface area contributed by atoms with E-state index in [0.717, 1.165) is 21.2 Å². The highest BCUT2D eigenvalue weighted by atomic mass is 79.9. The lowest BCUT2D eigenvalue weighted by molar-refractivity contribution is 0.0699. The highest BCUT2D eigenvalue weighted by molar-refractivity contribution is 9.10. The van der Waals surface area contributed by atoms with Gasteiger partial charge in [0.1, 0.15) is 11.5 Å². The minimum atomic E-state index is -0.984. The van der Waals surface area contributed by atoms with Crippen molar-refractivity contribution in [2.24, 2.45) is 0 Å². The van der Waals surface area contributed by atoms with Gasteiger partial charge in [0.25, 0.3) is 0 Å². The van der Waals surface area contributed by atoms with E-state index in [0.29, 0.717) is 28.1 Å². The highest BCUT2D eigenvalue weighted by Gasteiger charge is 2.16. The third-order valence-electron chi connectivity index (χ3n) is 4.44. The first-order valence-electron chi connectivity index (χ1n) is 8.44. The van der Waals surface area contributed by atoms with E-state index < -0.39 is 5.97 Å². The molecule has 2 aromatic heterocycles. The van der Waals surface area contributed by atoms with Crippen molar-refractivity contribution in [3.05, 3.63) is 75.8 Å². The fourth-order valence-electron chi connectivity index (χ4n) is 3.08. The predicted octanol–water partition coefficient (Wildman–Crippen LogP) is 6.24. The Labute approximate surface area is 164 Å². The molecule has 134 valence electrons. The van der Waals surface area contributed by atoms with Gasteiger partial charge in [-0.15, -0.1) is 0 Å². The highest BCUT2D eigenvalue weighted by Crippen LogP contribution is 2.34. The van der Waals surface area contributed by atoms with Crippen LogP contribution in [0.3, 0.4) is 0 Å². The number of aryl methyl sites for hydroxylation is 2. The van der Waals surface area contributed by atoms with Gasteiger partial charge in [0.2, 0.25) is 0 Å². The number of carbonyl (C=O) groups is 1. The van der Waals surface area contributed by atoms with Gasteiger partial charge in [0, 0.05) is 15.4 Å². The lowest BCUT2D eigenvalue weighted by Gasteiger charge is -2.07. The number of aromatic nitrogens is 1. The van der Waals surface area contributed by atoms with Gasteiger partial charge in [-0.3, -0.25) is 0 Å². The quantitative estimate of drug-likeness (QED) is 0.425. The Morgan fingerprint density at radius 2 is 1.67 bits per heavy atom. The monoisotopic (exact) mass is 421 g/mol. The number of nitrogens with zero attached hydrogens (tertiary/aromatic N) is 1. The summed E-state index contributed by atoms with van der Waals surface area (Å²) in [6.45, 7) is 3.95. The lowest BCUT2D eigenvalue weighted by atomic mass is 10.0. The van der Waals surface area contributed by atoms with E-state index in [1.807, 2.05) is 62.4 Å². The summed E-state index contributed by atoms with van der Waals surface area (Å²) in [6.07, 6.45) is 0. The number of rotatable bonds is 3. The van der Waals surface area contributed by atoms with Crippen LogP contribution in [-0.4, -0.2) is 16.1 Å². The Hall–Kier alpha value is -2.92. The molecule has 2 aromatic carbocycles. The number of carboxylic acid groups (broad SMARTS) is 1. The van der Waals surface area contributed by atoms with Crippen molar-refractivity contribution in [3.63, 3.8) is 0 Å². The number of carboxylic acids is 1. The van der Waals surface area contributed by atoms with Gasteiger partial charge in [0.05, 0.1) is 11.1 Å². The molecule has 0 saturated carbocycles. The zero-order valence-corrected chi connectivity index (χ0v) is 16.4. The summed E-state index contributed by atoms with van der Waals surface area (Å²) in [5.41, 5.74) is 4.41. The number of fused-ring (bicyclic) bond motifs is 1. The summed E-state index contributed by atoms with van der Waals surface area (Å²) in [5, 5.41) is 10.3. The molecular weight excluding hydrogens is 406 g/mol. The van der Waals surface area contributed by atoms with Crippen LogP contribution in [0.25, 0.3) is 33.7 Å². The Kier molecular flexibility index (Phi) is 4.32. The van der Waals surface area contributed by atoms with E-state index in [2.05, 4.69) is 20.9 Å². The molecule has 0 unspecified atom stereocenters. The van der Waals surface area contributed by atoms with Crippen LogP contribution in [0.15, 0.2) is 63.5 Å². The van der Waals surface area contributed by atoms with Gasteiger partial charge in [-0.25, -0.2) is 9.78 Å². The standard InChI is InChI=1S/C22H16BrNO3/c1-12-4-6-18-15(9-12)16(22(25)26)11-19(24-18)21-8-7-20(27-21)14-5-3-13(2)10-17(14)23/h3-11H,1-2H3,(H,25,26). The lowest BCUT2D eigenvalue weighted by Crippen LogP contribution is -2.00. The molecule has 0 aliphatic rings. The van der Waals surface area contributed by atoms with Crippen molar-refractivity contribution < 1.29 is 14.3 Å². The van der Waals surface area contributed by atoms with Crippen LogP contribution in [-0.2, 0) is 0 Å². The number of furan rings is 1.